The van der Waals surface area contributed by atoms with Crippen LogP contribution in [0.3, 0.4) is 0 Å². The van der Waals surface area contributed by atoms with E-state index >= 15 is 0 Å². The highest BCUT2D eigenvalue weighted by molar-refractivity contribution is 5.89. The Morgan fingerprint density at radius 3 is 2.70 bits per heavy atom. The van der Waals surface area contributed by atoms with Gasteiger partial charge in [-0.1, -0.05) is 0 Å². The van der Waals surface area contributed by atoms with Crippen LogP contribution in [0.25, 0.3) is 0 Å². The van der Waals surface area contributed by atoms with E-state index in [-0.39, 0.29) is 6.03 Å². The molecule has 0 saturated carbocycles. The number of carbonyl (C=O) groups excluding carboxylic acids is 1. The normalized spacial score (nSPS) is 13.9. The monoisotopic (exact) mass is 370 g/mol. The molecule has 0 radical (unpaired) electrons. The number of rotatable bonds is 5. The van der Waals surface area contributed by atoms with Crippen molar-refractivity contribution in [1.82, 2.24) is 5.32 Å². The summed E-state index contributed by atoms with van der Waals surface area (Å²) in [6, 6.07) is 6.99. The van der Waals surface area contributed by atoms with Gasteiger partial charge in [-0.05, 0) is 18.2 Å². The minimum absolute atomic E-state index is 0.300. The Labute approximate surface area is 157 Å². The maximum Gasteiger partial charge on any atom is 0.319 e. The van der Waals surface area contributed by atoms with Crippen LogP contribution in [-0.4, -0.2) is 33.5 Å². The fourth-order valence-corrected chi connectivity index (χ4v) is 3.53. The average molecular weight is 370 g/mol. The van der Waals surface area contributed by atoms with Gasteiger partial charge in [0.15, 0.2) is 11.5 Å². The van der Waals surface area contributed by atoms with Crippen molar-refractivity contribution in [3.05, 3.63) is 41.0 Å². The molecule has 7 heteroatoms. The molecule has 27 heavy (non-hydrogen) atoms. The van der Waals surface area contributed by atoms with Gasteiger partial charge in [0.25, 0.3) is 0 Å². The van der Waals surface area contributed by atoms with Crippen LogP contribution in [0, 0.1) is 0 Å². The van der Waals surface area contributed by atoms with Crippen molar-refractivity contribution in [2.75, 3.05) is 32.8 Å². The number of hydrogen-bond acceptors (Lipinski definition) is 5. The third-order valence-corrected chi connectivity index (χ3v) is 4.83. The molecule has 0 saturated heterocycles. The number of ether oxygens (including phenoxy) is 4. The Balaban J connectivity index is 1.46. The number of hydrogen-bond donors (Lipinski definition) is 2. The second-order valence-corrected chi connectivity index (χ2v) is 6.39. The molecule has 0 fully saturated rings. The number of methoxy groups -OCH3 is 2. The minimum Gasteiger partial charge on any atom is -0.493 e. The molecule has 4 rings (SSSR count). The number of benzene rings is 2. The van der Waals surface area contributed by atoms with E-state index < -0.39 is 0 Å². The molecule has 2 N–H and O–H groups in total. The summed E-state index contributed by atoms with van der Waals surface area (Å²) in [5.74, 6) is 2.97. The molecule has 0 bridgehead atoms. The summed E-state index contributed by atoms with van der Waals surface area (Å²) in [5.41, 5.74) is 3.91. The van der Waals surface area contributed by atoms with Crippen molar-refractivity contribution >= 4 is 11.7 Å². The van der Waals surface area contributed by atoms with Gasteiger partial charge in [-0.2, -0.15) is 0 Å². The molecular formula is C20H22N2O5. The molecule has 0 atom stereocenters. The first-order valence-corrected chi connectivity index (χ1v) is 8.89. The van der Waals surface area contributed by atoms with Crippen molar-refractivity contribution in [1.29, 1.82) is 0 Å². The van der Waals surface area contributed by atoms with E-state index in [0.29, 0.717) is 36.9 Å². The van der Waals surface area contributed by atoms with Gasteiger partial charge in [0.2, 0.25) is 0 Å². The summed E-state index contributed by atoms with van der Waals surface area (Å²) in [5, 5.41) is 5.73. The predicted octanol–water partition coefficient (Wildman–Crippen LogP) is 2.90. The highest BCUT2D eigenvalue weighted by Gasteiger charge is 2.26. The third kappa shape index (κ3) is 3.32. The van der Waals surface area contributed by atoms with Crippen LogP contribution < -0.4 is 29.6 Å². The van der Waals surface area contributed by atoms with E-state index in [1.807, 2.05) is 0 Å². The highest BCUT2D eigenvalue weighted by Crippen LogP contribution is 2.40. The fraction of sp³-hybridized carbons (Fsp3) is 0.350. The zero-order valence-electron chi connectivity index (χ0n) is 15.4. The molecule has 2 aromatic rings. The van der Waals surface area contributed by atoms with E-state index in [9.17, 15) is 4.79 Å². The number of nitrogens with one attached hydrogen (secondary N) is 2. The molecule has 2 aliphatic rings. The lowest BCUT2D eigenvalue weighted by Crippen LogP contribution is -2.28. The molecule has 2 aliphatic heterocycles. The van der Waals surface area contributed by atoms with Crippen LogP contribution in [0.5, 0.6) is 23.0 Å². The molecule has 0 aliphatic carbocycles. The predicted molar refractivity (Wildman–Crippen MR) is 100 cm³/mol. The van der Waals surface area contributed by atoms with Gasteiger partial charge in [0.1, 0.15) is 11.5 Å². The summed E-state index contributed by atoms with van der Waals surface area (Å²) in [4.78, 5) is 12.4. The van der Waals surface area contributed by atoms with Crippen molar-refractivity contribution in [3.8, 4) is 23.0 Å². The Bertz CT molecular complexity index is 849. The van der Waals surface area contributed by atoms with E-state index in [1.165, 1.54) is 0 Å². The highest BCUT2D eigenvalue weighted by atomic mass is 16.5. The number of amides is 2. The lowest BCUT2D eigenvalue weighted by molar-refractivity contribution is 0.251. The molecule has 2 heterocycles. The molecule has 142 valence electrons. The zero-order chi connectivity index (χ0) is 18.8. The van der Waals surface area contributed by atoms with Gasteiger partial charge in [0, 0.05) is 47.8 Å². The first-order chi connectivity index (χ1) is 13.2. The van der Waals surface area contributed by atoms with Gasteiger partial charge in [0.05, 0.1) is 27.4 Å². The summed E-state index contributed by atoms with van der Waals surface area (Å²) >= 11 is 0. The maximum absolute atomic E-state index is 12.4. The number of anilines is 1. The average Bonchev–Trinajstić information content (AvgIpc) is 3.34. The van der Waals surface area contributed by atoms with Crippen LogP contribution >= 0.6 is 0 Å². The maximum atomic E-state index is 12.4. The molecule has 7 nitrogen and oxygen atoms in total. The van der Waals surface area contributed by atoms with Crippen molar-refractivity contribution in [2.24, 2.45) is 0 Å². The largest absolute Gasteiger partial charge is 0.493 e. The number of fused-ring (bicyclic) bond motifs is 2. The zero-order valence-corrected chi connectivity index (χ0v) is 15.4. The van der Waals surface area contributed by atoms with Crippen molar-refractivity contribution < 1.29 is 23.7 Å². The molecule has 2 amide bonds. The van der Waals surface area contributed by atoms with Gasteiger partial charge in [-0.25, -0.2) is 4.79 Å². The Morgan fingerprint density at radius 2 is 1.89 bits per heavy atom. The minimum atomic E-state index is -0.300. The molecule has 0 unspecified atom stereocenters. The van der Waals surface area contributed by atoms with Crippen LogP contribution in [0.2, 0.25) is 0 Å². The second kappa shape index (κ2) is 7.26. The van der Waals surface area contributed by atoms with Crippen LogP contribution in [0.15, 0.2) is 24.3 Å². The fourth-order valence-electron chi connectivity index (χ4n) is 3.53. The Morgan fingerprint density at radius 1 is 1.07 bits per heavy atom. The van der Waals surface area contributed by atoms with E-state index in [1.54, 1.807) is 32.4 Å². The van der Waals surface area contributed by atoms with Gasteiger partial charge in [-0.15, -0.1) is 0 Å². The van der Waals surface area contributed by atoms with E-state index in [0.717, 1.165) is 41.0 Å². The smallest absolute Gasteiger partial charge is 0.319 e. The summed E-state index contributed by atoms with van der Waals surface area (Å²) in [6.07, 6.45) is 1.71. The first kappa shape index (κ1) is 17.3. The quantitative estimate of drug-likeness (QED) is 0.846. The number of carbonyl (C=O) groups is 1. The van der Waals surface area contributed by atoms with Gasteiger partial charge < -0.3 is 29.6 Å². The van der Waals surface area contributed by atoms with Crippen LogP contribution in [0.1, 0.15) is 16.7 Å². The van der Waals surface area contributed by atoms with Gasteiger partial charge >= 0.3 is 6.03 Å². The molecular weight excluding hydrogens is 348 g/mol. The molecule has 0 aromatic heterocycles. The first-order valence-electron chi connectivity index (χ1n) is 8.89. The third-order valence-electron chi connectivity index (χ3n) is 4.83. The standard InChI is InChI=1S/C20H22N2O5/c1-24-16-4-3-13(10-18(16)25-2)22-20(23)21-11-15-14-6-8-26-17(14)9-12-5-7-27-19(12)15/h3-4,9-10H,5-8,11H2,1-2H3,(H2,21,22,23). The van der Waals surface area contributed by atoms with E-state index in [2.05, 4.69) is 16.7 Å². The van der Waals surface area contributed by atoms with Crippen LogP contribution in [0.4, 0.5) is 10.5 Å². The van der Waals surface area contributed by atoms with Crippen molar-refractivity contribution in [3.63, 3.8) is 0 Å². The van der Waals surface area contributed by atoms with Gasteiger partial charge in [-0.3, -0.25) is 0 Å². The SMILES string of the molecule is COc1ccc(NC(=O)NCc2c3c(cc4c2OCC4)OCC3)cc1OC. The Kier molecular flexibility index (Phi) is 4.66. The summed E-state index contributed by atoms with van der Waals surface area (Å²) in [7, 11) is 3.13. The summed E-state index contributed by atoms with van der Waals surface area (Å²) in [6.45, 7) is 1.72. The number of urea groups is 1. The molecule has 2 aromatic carbocycles. The topological polar surface area (TPSA) is 78.1 Å². The Hall–Kier alpha value is -3.09. The molecule has 0 spiro atoms. The van der Waals surface area contributed by atoms with Crippen LogP contribution in [-0.2, 0) is 19.4 Å². The van der Waals surface area contributed by atoms with Crippen molar-refractivity contribution in [2.45, 2.75) is 19.4 Å². The lowest BCUT2D eigenvalue weighted by Gasteiger charge is -2.15. The second-order valence-electron chi connectivity index (χ2n) is 6.39. The summed E-state index contributed by atoms with van der Waals surface area (Å²) < 4.78 is 22.0. The lowest BCUT2D eigenvalue weighted by atomic mass is 9.99. The van der Waals surface area contributed by atoms with E-state index in [4.69, 9.17) is 18.9 Å².